The molecule has 0 radical (unpaired) electrons. The zero-order chi connectivity index (χ0) is 14.1. The fourth-order valence-electron chi connectivity index (χ4n) is 1.89. The van der Waals surface area contributed by atoms with Gasteiger partial charge in [0.25, 0.3) is 0 Å². The summed E-state index contributed by atoms with van der Waals surface area (Å²) >= 11 is 7.19. The van der Waals surface area contributed by atoms with Crippen molar-refractivity contribution >= 4 is 28.8 Å². The summed E-state index contributed by atoms with van der Waals surface area (Å²) in [6.45, 7) is 5.16. The molecule has 1 N–H and O–H groups in total. The third-order valence-corrected chi connectivity index (χ3v) is 4.35. The molecule has 1 aromatic rings. The van der Waals surface area contributed by atoms with Gasteiger partial charge >= 0.3 is 0 Å². The van der Waals surface area contributed by atoms with Crippen LogP contribution in [-0.4, -0.2) is 17.4 Å². The molecule has 1 unspecified atom stereocenters. The summed E-state index contributed by atoms with van der Waals surface area (Å²) in [6.07, 6.45) is 5.13. The van der Waals surface area contributed by atoms with Crippen molar-refractivity contribution in [2.45, 2.75) is 51.8 Å². The molecular weight excluding hydrogens is 280 g/mol. The second kappa shape index (κ2) is 9.32. The van der Waals surface area contributed by atoms with E-state index in [2.05, 4.69) is 24.1 Å². The first-order valence-corrected chi connectivity index (χ1v) is 8.36. The fraction of sp³-hybridized carbons (Fsp3) is 0.714. The number of alkyl halides is 1. The minimum Gasteiger partial charge on any atom is -0.355 e. The monoisotopic (exact) mass is 302 g/mol. The molecule has 3 nitrogen and oxygen atoms in total. The van der Waals surface area contributed by atoms with Crippen LogP contribution in [0, 0.1) is 5.92 Å². The van der Waals surface area contributed by atoms with Crippen LogP contribution in [0.3, 0.4) is 0 Å². The van der Waals surface area contributed by atoms with E-state index in [0.29, 0.717) is 18.2 Å². The molecule has 1 heterocycles. The van der Waals surface area contributed by atoms with Gasteiger partial charge in [-0.1, -0.05) is 33.1 Å². The Hall–Kier alpha value is -0.610. The molecule has 0 spiro atoms. The van der Waals surface area contributed by atoms with Gasteiger partial charge < -0.3 is 5.32 Å². The Morgan fingerprint density at radius 3 is 2.89 bits per heavy atom. The molecule has 1 rings (SSSR count). The molecule has 0 fully saturated rings. The van der Waals surface area contributed by atoms with Gasteiger partial charge in [-0.2, -0.15) is 0 Å². The van der Waals surface area contributed by atoms with Crippen LogP contribution in [0.5, 0.6) is 0 Å². The predicted octanol–water partition coefficient (Wildman–Crippen LogP) is 3.76. The lowest BCUT2D eigenvalue weighted by atomic mass is 9.99. The Balaban J connectivity index is 2.30. The van der Waals surface area contributed by atoms with Gasteiger partial charge in [-0.15, -0.1) is 22.9 Å². The summed E-state index contributed by atoms with van der Waals surface area (Å²) < 4.78 is 0. The summed E-state index contributed by atoms with van der Waals surface area (Å²) in [6, 6.07) is 0. The minimum atomic E-state index is 0.0606. The lowest BCUT2D eigenvalue weighted by Crippen LogP contribution is -2.30. The Bertz CT molecular complexity index is 381. The number of halogens is 1. The molecule has 0 bridgehead atoms. The highest BCUT2D eigenvalue weighted by Gasteiger charge is 2.10. The normalized spacial score (nSPS) is 12.4. The lowest BCUT2D eigenvalue weighted by molar-refractivity contribution is -0.120. The van der Waals surface area contributed by atoms with Gasteiger partial charge in [-0.05, 0) is 12.3 Å². The minimum absolute atomic E-state index is 0.0606. The van der Waals surface area contributed by atoms with Gasteiger partial charge in [-0.3, -0.25) is 4.79 Å². The van der Waals surface area contributed by atoms with Crippen molar-refractivity contribution in [1.82, 2.24) is 10.3 Å². The number of nitrogens with zero attached hydrogens (tertiary/aromatic N) is 1. The summed E-state index contributed by atoms with van der Waals surface area (Å²) in [5.41, 5.74) is 0.851. The van der Waals surface area contributed by atoms with Crippen LogP contribution in [0.1, 0.15) is 50.2 Å². The molecular formula is C14H23ClN2OS. The van der Waals surface area contributed by atoms with Crippen molar-refractivity contribution in [3.8, 4) is 0 Å². The highest BCUT2D eigenvalue weighted by atomic mass is 35.5. The SMILES string of the molecule is CCCCC(CC)CNC(=O)Cc1nc(CCl)cs1. The van der Waals surface area contributed by atoms with E-state index < -0.39 is 0 Å². The number of carbonyl (C=O) groups excluding carboxylic acids is 1. The van der Waals surface area contributed by atoms with E-state index in [1.807, 2.05) is 5.38 Å². The van der Waals surface area contributed by atoms with Crippen molar-refractivity contribution in [1.29, 1.82) is 0 Å². The molecule has 19 heavy (non-hydrogen) atoms. The van der Waals surface area contributed by atoms with Crippen LogP contribution in [-0.2, 0) is 17.1 Å². The van der Waals surface area contributed by atoms with Gasteiger partial charge in [0.05, 0.1) is 18.0 Å². The summed E-state index contributed by atoms with van der Waals surface area (Å²) in [4.78, 5) is 16.1. The molecule has 5 heteroatoms. The molecule has 108 valence electrons. The average molecular weight is 303 g/mol. The molecule has 1 amide bonds. The number of aromatic nitrogens is 1. The Kier molecular flexibility index (Phi) is 8.07. The van der Waals surface area contributed by atoms with Crippen molar-refractivity contribution < 1.29 is 4.79 Å². The lowest BCUT2D eigenvalue weighted by Gasteiger charge is -2.14. The van der Waals surface area contributed by atoms with E-state index in [1.54, 1.807) is 0 Å². The number of hydrogen-bond donors (Lipinski definition) is 1. The van der Waals surface area contributed by atoms with Crippen LogP contribution >= 0.6 is 22.9 Å². The molecule has 0 saturated carbocycles. The van der Waals surface area contributed by atoms with Gasteiger partial charge in [0.1, 0.15) is 5.01 Å². The standard InChI is InChI=1S/C14H23ClN2OS/c1-3-5-6-11(4-2)9-16-13(18)7-14-17-12(8-15)10-19-14/h10-11H,3-9H2,1-2H3,(H,16,18). The van der Waals surface area contributed by atoms with E-state index in [-0.39, 0.29) is 5.91 Å². The zero-order valence-electron chi connectivity index (χ0n) is 11.7. The van der Waals surface area contributed by atoms with Crippen molar-refractivity contribution in [2.75, 3.05) is 6.54 Å². The van der Waals surface area contributed by atoms with E-state index in [1.165, 1.54) is 30.6 Å². The third kappa shape index (κ3) is 6.39. The number of thiazole rings is 1. The Morgan fingerprint density at radius 1 is 1.53 bits per heavy atom. The van der Waals surface area contributed by atoms with Crippen molar-refractivity contribution in [3.05, 3.63) is 16.1 Å². The third-order valence-electron chi connectivity index (χ3n) is 3.18. The summed E-state index contributed by atoms with van der Waals surface area (Å²) in [5, 5.41) is 5.76. The van der Waals surface area contributed by atoms with Gasteiger partial charge in [0.2, 0.25) is 5.91 Å². The second-order valence-electron chi connectivity index (χ2n) is 4.76. The molecule has 0 aliphatic carbocycles. The molecule has 1 atom stereocenters. The molecule has 0 aliphatic heterocycles. The maximum Gasteiger partial charge on any atom is 0.226 e. The maximum atomic E-state index is 11.8. The van der Waals surface area contributed by atoms with Gasteiger partial charge in [-0.25, -0.2) is 4.98 Å². The van der Waals surface area contributed by atoms with Crippen molar-refractivity contribution in [2.24, 2.45) is 5.92 Å². The molecule has 0 saturated heterocycles. The van der Waals surface area contributed by atoms with E-state index in [0.717, 1.165) is 23.7 Å². The van der Waals surface area contributed by atoms with Crippen LogP contribution in [0.4, 0.5) is 0 Å². The van der Waals surface area contributed by atoms with Crippen LogP contribution in [0.25, 0.3) is 0 Å². The molecule has 1 aromatic heterocycles. The smallest absolute Gasteiger partial charge is 0.226 e. The van der Waals surface area contributed by atoms with Crippen LogP contribution in [0.2, 0.25) is 0 Å². The van der Waals surface area contributed by atoms with Crippen molar-refractivity contribution in [3.63, 3.8) is 0 Å². The highest BCUT2D eigenvalue weighted by molar-refractivity contribution is 7.09. The van der Waals surface area contributed by atoms with E-state index >= 15 is 0 Å². The van der Waals surface area contributed by atoms with Crippen LogP contribution < -0.4 is 5.32 Å². The number of amides is 1. The average Bonchev–Trinajstić information content (AvgIpc) is 2.86. The molecule has 0 aromatic carbocycles. The number of hydrogen-bond acceptors (Lipinski definition) is 3. The van der Waals surface area contributed by atoms with E-state index in [4.69, 9.17) is 11.6 Å². The number of rotatable bonds is 9. The second-order valence-corrected chi connectivity index (χ2v) is 5.97. The first-order valence-electron chi connectivity index (χ1n) is 6.95. The Labute approximate surface area is 124 Å². The number of nitrogens with one attached hydrogen (secondary N) is 1. The Morgan fingerprint density at radius 2 is 2.32 bits per heavy atom. The number of unbranched alkanes of at least 4 members (excludes halogenated alkanes) is 1. The molecule has 0 aliphatic rings. The highest BCUT2D eigenvalue weighted by Crippen LogP contribution is 2.13. The predicted molar refractivity (Wildman–Crippen MR) is 81.7 cm³/mol. The number of carbonyl (C=O) groups is 1. The first kappa shape index (κ1) is 16.4. The first-order chi connectivity index (χ1) is 9.19. The topological polar surface area (TPSA) is 42.0 Å². The van der Waals surface area contributed by atoms with E-state index in [9.17, 15) is 4.79 Å². The zero-order valence-corrected chi connectivity index (χ0v) is 13.3. The largest absolute Gasteiger partial charge is 0.355 e. The van der Waals surface area contributed by atoms with Crippen LogP contribution in [0.15, 0.2) is 5.38 Å². The van der Waals surface area contributed by atoms with Gasteiger partial charge in [0, 0.05) is 11.9 Å². The fourth-order valence-corrected chi connectivity index (χ4v) is 2.91. The maximum absolute atomic E-state index is 11.8. The summed E-state index contributed by atoms with van der Waals surface area (Å²) in [5.74, 6) is 1.07. The summed E-state index contributed by atoms with van der Waals surface area (Å²) in [7, 11) is 0. The van der Waals surface area contributed by atoms with Gasteiger partial charge in [0.15, 0.2) is 0 Å². The quantitative estimate of drug-likeness (QED) is 0.706.